The van der Waals surface area contributed by atoms with Crippen molar-refractivity contribution in [2.45, 2.75) is 39.5 Å². The highest BCUT2D eigenvalue weighted by Gasteiger charge is 2.23. The summed E-state index contributed by atoms with van der Waals surface area (Å²) in [5, 5.41) is 21.1. The molecule has 0 aromatic carbocycles. The van der Waals surface area contributed by atoms with Gasteiger partial charge in [0, 0.05) is 26.2 Å². The van der Waals surface area contributed by atoms with Gasteiger partial charge in [-0.1, -0.05) is 13.8 Å². The van der Waals surface area contributed by atoms with Crippen LogP contribution in [0.2, 0.25) is 0 Å². The Bertz CT molecular complexity index is 347. The van der Waals surface area contributed by atoms with Crippen molar-refractivity contribution in [1.82, 2.24) is 10.2 Å². The summed E-state index contributed by atoms with van der Waals surface area (Å²) in [6.45, 7) is 5.59. The summed E-state index contributed by atoms with van der Waals surface area (Å²) in [5.41, 5.74) is 0. The smallest absolute Gasteiger partial charge is 0.317 e. The number of nitrogens with zero attached hydrogens (tertiary/aromatic N) is 1. The van der Waals surface area contributed by atoms with E-state index in [0.717, 1.165) is 19.3 Å². The van der Waals surface area contributed by atoms with E-state index in [4.69, 9.17) is 5.11 Å². The number of aliphatic hydroxyl groups excluding tert-OH is 1. The lowest BCUT2D eigenvalue weighted by Gasteiger charge is -2.23. The maximum absolute atomic E-state index is 12.1. The van der Waals surface area contributed by atoms with Crippen molar-refractivity contribution in [3.8, 4) is 0 Å². The highest BCUT2D eigenvalue weighted by Crippen LogP contribution is 2.17. The van der Waals surface area contributed by atoms with Crippen LogP contribution in [0.5, 0.6) is 0 Å². The number of urea groups is 1. The summed E-state index contributed by atoms with van der Waals surface area (Å²) in [6.07, 6.45) is 3.18. The summed E-state index contributed by atoms with van der Waals surface area (Å²) in [4.78, 5) is 25.0. The highest BCUT2D eigenvalue weighted by atomic mass is 16.4. The molecule has 1 aliphatic heterocycles. The van der Waals surface area contributed by atoms with Gasteiger partial charge < -0.3 is 20.4 Å². The van der Waals surface area contributed by atoms with Crippen LogP contribution in [0.4, 0.5) is 4.79 Å². The Balaban J connectivity index is 2.42. The van der Waals surface area contributed by atoms with E-state index in [0.29, 0.717) is 19.5 Å². The van der Waals surface area contributed by atoms with Crippen molar-refractivity contribution >= 4 is 12.0 Å². The molecule has 2 amide bonds. The van der Waals surface area contributed by atoms with Crippen molar-refractivity contribution in [3.05, 3.63) is 0 Å². The van der Waals surface area contributed by atoms with Crippen LogP contribution in [0.15, 0.2) is 0 Å². The first-order chi connectivity index (χ1) is 9.93. The summed E-state index contributed by atoms with van der Waals surface area (Å²) in [5.74, 6) is -0.840. The average Bonchev–Trinajstić information content (AvgIpc) is 2.67. The van der Waals surface area contributed by atoms with Crippen molar-refractivity contribution in [2.75, 3.05) is 26.2 Å². The van der Waals surface area contributed by atoms with Crippen molar-refractivity contribution in [1.29, 1.82) is 0 Å². The molecule has 2 unspecified atom stereocenters. The van der Waals surface area contributed by atoms with E-state index in [1.807, 2.05) is 13.8 Å². The molecule has 21 heavy (non-hydrogen) atoms. The number of amides is 2. The van der Waals surface area contributed by atoms with Crippen molar-refractivity contribution in [3.63, 3.8) is 0 Å². The Labute approximate surface area is 126 Å². The van der Waals surface area contributed by atoms with Crippen LogP contribution in [0, 0.1) is 17.8 Å². The maximum Gasteiger partial charge on any atom is 0.317 e. The normalized spacial score (nSPS) is 21.0. The average molecular weight is 300 g/mol. The molecule has 2 atom stereocenters. The molecule has 1 saturated heterocycles. The number of hydrogen-bond acceptors (Lipinski definition) is 3. The van der Waals surface area contributed by atoms with E-state index in [9.17, 15) is 14.7 Å². The largest absolute Gasteiger partial charge is 0.481 e. The molecule has 0 spiro atoms. The molecule has 1 aliphatic rings. The molecule has 1 rings (SSSR count). The number of likely N-dealkylation sites (tertiary alicyclic amines) is 1. The number of nitrogens with one attached hydrogen (secondary N) is 1. The molecule has 122 valence electrons. The lowest BCUT2D eigenvalue weighted by atomic mass is 9.97. The van der Waals surface area contributed by atoms with Crippen LogP contribution < -0.4 is 5.32 Å². The zero-order valence-corrected chi connectivity index (χ0v) is 13.0. The third-order valence-electron chi connectivity index (χ3n) is 4.00. The molecule has 0 aliphatic carbocycles. The van der Waals surface area contributed by atoms with Gasteiger partial charge in [-0.2, -0.15) is 0 Å². The molecule has 0 aromatic rings. The van der Waals surface area contributed by atoms with Crippen LogP contribution in [-0.2, 0) is 4.79 Å². The lowest BCUT2D eigenvalue weighted by Crippen LogP contribution is -2.43. The van der Waals surface area contributed by atoms with Gasteiger partial charge in [0.1, 0.15) is 0 Å². The van der Waals surface area contributed by atoms with Crippen LogP contribution in [-0.4, -0.2) is 53.4 Å². The van der Waals surface area contributed by atoms with E-state index in [1.165, 1.54) is 0 Å². The van der Waals surface area contributed by atoms with E-state index >= 15 is 0 Å². The van der Waals surface area contributed by atoms with Gasteiger partial charge in [0.25, 0.3) is 0 Å². The quantitative estimate of drug-likeness (QED) is 0.694. The maximum atomic E-state index is 12.1. The second kappa shape index (κ2) is 8.87. The summed E-state index contributed by atoms with van der Waals surface area (Å²) < 4.78 is 0. The van der Waals surface area contributed by atoms with Gasteiger partial charge in [0.05, 0.1) is 5.92 Å². The second-order valence-electron chi connectivity index (χ2n) is 6.32. The first kappa shape index (κ1) is 17.8. The standard InChI is InChI=1S/C15H28N2O4/c1-11(2)8-13(14(19)20)9-16-15(21)17-6-3-4-12(10-18)5-7-17/h11-13,18H,3-10H2,1-2H3,(H,16,21)(H,19,20). The summed E-state index contributed by atoms with van der Waals surface area (Å²) >= 11 is 0. The first-order valence-corrected chi connectivity index (χ1v) is 7.80. The van der Waals surface area contributed by atoms with Crippen molar-refractivity contribution in [2.24, 2.45) is 17.8 Å². The zero-order valence-electron chi connectivity index (χ0n) is 13.0. The molecule has 0 aromatic heterocycles. The van der Waals surface area contributed by atoms with Crippen molar-refractivity contribution < 1.29 is 19.8 Å². The number of aliphatic carboxylic acids is 1. The molecule has 6 heteroatoms. The molecule has 6 nitrogen and oxygen atoms in total. The Hall–Kier alpha value is -1.30. The molecule has 3 N–H and O–H groups in total. The molecular weight excluding hydrogens is 272 g/mol. The van der Waals surface area contributed by atoms with Gasteiger partial charge in [-0.25, -0.2) is 4.79 Å². The van der Waals surface area contributed by atoms with Crippen LogP contribution in [0.3, 0.4) is 0 Å². The predicted molar refractivity (Wildman–Crippen MR) is 80.0 cm³/mol. The highest BCUT2D eigenvalue weighted by molar-refractivity contribution is 5.76. The summed E-state index contributed by atoms with van der Waals surface area (Å²) in [7, 11) is 0. The molecule has 0 bridgehead atoms. The second-order valence-corrected chi connectivity index (χ2v) is 6.32. The van der Waals surface area contributed by atoms with Gasteiger partial charge in [-0.05, 0) is 37.5 Å². The minimum absolute atomic E-state index is 0.172. The molecular formula is C15H28N2O4. The Morgan fingerprint density at radius 2 is 2.00 bits per heavy atom. The Morgan fingerprint density at radius 1 is 1.29 bits per heavy atom. The predicted octanol–water partition coefficient (Wildman–Crippen LogP) is 1.54. The fourth-order valence-corrected chi connectivity index (χ4v) is 2.71. The van der Waals surface area contributed by atoms with E-state index in [2.05, 4.69) is 5.32 Å². The SMILES string of the molecule is CC(C)CC(CNC(=O)N1CCCC(CO)CC1)C(=O)O. The van der Waals surface area contributed by atoms with Gasteiger partial charge in [-0.15, -0.1) is 0 Å². The number of aliphatic hydroxyl groups is 1. The first-order valence-electron chi connectivity index (χ1n) is 7.80. The Kier molecular flexibility index (Phi) is 7.50. The van der Waals surface area contributed by atoms with Crippen LogP contribution in [0.1, 0.15) is 39.5 Å². The lowest BCUT2D eigenvalue weighted by molar-refractivity contribution is -0.142. The van der Waals surface area contributed by atoms with Gasteiger partial charge in [-0.3, -0.25) is 4.79 Å². The fraction of sp³-hybridized carbons (Fsp3) is 0.867. The van der Waals surface area contributed by atoms with E-state index in [1.54, 1.807) is 4.90 Å². The van der Waals surface area contributed by atoms with E-state index < -0.39 is 11.9 Å². The number of hydrogen-bond donors (Lipinski definition) is 3. The number of carboxylic acid groups (broad SMARTS) is 1. The topological polar surface area (TPSA) is 89.9 Å². The summed E-state index contributed by atoms with van der Waals surface area (Å²) in [6, 6.07) is -0.191. The third kappa shape index (κ3) is 6.33. The number of carbonyl (C=O) groups excluding carboxylic acids is 1. The number of carbonyl (C=O) groups is 2. The number of carboxylic acids is 1. The fourth-order valence-electron chi connectivity index (χ4n) is 2.71. The van der Waals surface area contributed by atoms with Crippen LogP contribution >= 0.6 is 0 Å². The van der Waals surface area contributed by atoms with Crippen LogP contribution in [0.25, 0.3) is 0 Å². The molecule has 1 heterocycles. The van der Waals surface area contributed by atoms with Gasteiger partial charge in [0.2, 0.25) is 0 Å². The van der Waals surface area contributed by atoms with E-state index in [-0.39, 0.29) is 31.0 Å². The third-order valence-corrected chi connectivity index (χ3v) is 4.00. The molecule has 1 fully saturated rings. The van der Waals surface area contributed by atoms with Gasteiger partial charge in [0.15, 0.2) is 0 Å². The number of rotatable bonds is 6. The molecule has 0 saturated carbocycles. The van der Waals surface area contributed by atoms with Gasteiger partial charge >= 0.3 is 12.0 Å². The minimum atomic E-state index is -0.861. The Morgan fingerprint density at radius 3 is 2.57 bits per heavy atom. The molecule has 0 radical (unpaired) electrons. The monoisotopic (exact) mass is 300 g/mol. The zero-order chi connectivity index (χ0) is 15.8. The minimum Gasteiger partial charge on any atom is -0.481 e.